The number of benzene rings is 4. The second-order valence-corrected chi connectivity index (χ2v) is 7.95. The van der Waals surface area contributed by atoms with E-state index in [9.17, 15) is 5.26 Å². The molecule has 0 saturated carbocycles. The zero-order valence-electron chi connectivity index (χ0n) is 17.1. The van der Waals surface area contributed by atoms with Gasteiger partial charge in [0.1, 0.15) is 29.7 Å². The van der Waals surface area contributed by atoms with Gasteiger partial charge in [-0.15, -0.1) is 0 Å². The van der Waals surface area contributed by atoms with Crippen LogP contribution in [0.2, 0.25) is 5.02 Å². The smallest absolute Gasteiger partial charge is 0.205 e. The normalized spacial score (nSPS) is 15.1. The van der Waals surface area contributed by atoms with E-state index in [1.165, 1.54) is 0 Å². The molecule has 5 heteroatoms. The van der Waals surface area contributed by atoms with E-state index in [1.54, 1.807) is 0 Å². The molecule has 4 aromatic carbocycles. The quantitative estimate of drug-likeness (QED) is 0.406. The third-order valence-corrected chi connectivity index (χ3v) is 6.05. The molecular weight excluding hydrogens is 420 g/mol. The van der Waals surface area contributed by atoms with Crippen molar-refractivity contribution in [1.29, 1.82) is 5.26 Å². The van der Waals surface area contributed by atoms with Crippen molar-refractivity contribution >= 4 is 22.4 Å². The Labute approximate surface area is 191 Å². The Morgan fingerprint density at radius 3 is 2.50 bits per heavy atom. The van der Waals surface area contributed by atoms with Gasteiger partial charge in [-0.05, 0) is 17.5 Å². The summed E-state index contributed by atoms with van der Waals surface area (Å²) in [5, 5.41) is 12.6. The molecule has 32 heavy (non-hydrogen) atoms. The number of nitrogens with two attached hydrogens (primary N) is 1. The van der Waals surface area contributed by atoms with Crippen LogP contribution >= 0.6 is 11.6 Å². The molecule has 0 amide bonds. The summed E-state index contributed by atoms with van der Waals surface area (Å²) in [5.41, 5.74) is 9.21. The van der Waals surface area contributed by atoms with Crippen molar-refractivity contribution in [2.45, 2.75) is 12.5 Å². The van der Waals surface area contributed by atoms with E-state index < -0.39 is 5.92 Å². The summed E-state index contributed by atoms with van der Waals surface area (Å²) in [6.45, 7) is 0.311. The van der Waals surface area contributed by atoms with Gasteiger partial charge in [-0.1, -0.05) is 84.4 Å². The summed E-state index contributed by atoms with van der Waals surface area (Å²) in [4.78, 5) is 0. The number of allylic oxidation sites excluding steroid dienone is 1. The van der Waals surface area contributed by atoms with Crippen molar-refractivity contribution in [2.24, 2.45) is 5.73 Å². The third-order valence-electron chi connectivity index (χ3n) is 5.68. The molecule has 0 radical (unpaired) electrons. The van der Waals surface area contributed by atoms with Crippen LogP contribution in [0.25, 0.3) is 10.8 Å². The summed E-state index contributed by atoms with van der Waals surface area (Å²) >= 11 is 6.30. The van der Waals surface area contributed by atoms with Crippen LogP contribution in [0.3, 0.4) is 0 Å². The molecule has 0 unspecified atom stereocenters. The van der Waals surface area contributed by atoms with Gasteiger partial charge in [-0.2, -0.15) is 5.26 Å². The van der Waals surface area contributed by atoms with Crippen molar-refractivity contribution in [2.75, 3.05) is 0 Å². The first-order valence-corrected chi connectivity index (χ1v) is 10.6. The first kappa shape index (κ1) is 20.0. The highest BCUT2D eigenvalue weighted by Gasteiger charge is 2.33. The van der Waals surface area contributed by atoms with Crippen LogP contribution < -0.4 is 15.2 Å². The van der Waals surface area contributed by atoms with Gasteiger partial charge in [0.05, 0.1) is 5.92 Å². The molecule has 0 fully saturated rings. The van der Waals surface area contributed by atoms with Crippen molar-refractivity contribution in [1.82, 2.24) is 0 Å². The van der Waals surface area contributed by atoms with Gasteiger partial charge in [0.15, 0.2) is 0 Å². The molecule has 1 atom stereocenters. The highest BCUT2D eigenvalue weighted by atomic mass is 35.5. The van der Waals surface area contributed by atoms with Crippen LogP contribution in [0.1, 0.15) is 22.6 Å². The largest absolute Gasteiger partial charge is 0.489 e. The van der Waals surface area contributed by atoms with Gasteiger partial charge in [-0.25, -0.2) is 0 Å². The van der Waals surface area contributed by atoms with Crippen molar-refractivity contribution in [3.05, 3.63) is 118 Å². The molecule has 5 rings (SSSR count). The Kier molecular flexibility index (Phi) is 5.18. The average molecular weight is 439 g/mol. The lowest BCUT2D eigenvalue weighted by Gasteiger charge is -2.28. The third kappa shape index (κ3) is 3.43. The number of para-hydroxylation sites is 1. The Hall–Kier alpha value is -3.94. The summed E-state index contributed by atoms with van der Waals surface area (Å²) in [6, 6.07) is 29.5. The fraction of sp³-hybridized carbons (Fsp3) is 0.0741. The molecule has 1 aliphatic heterocycles. The molecule has 0 bridgehead atoms. The Balaban J connectivity index is 1.63. The van der Waals surface area contributed by atoms with Gasteiger partial charge in [0.2, 0.25) is 5.88 Å². The second-order valence-electron chi connectivity index (χ2n) is 7.55. The number of nitrogens with zero attached hydrogens (tertiary/aromatic N) is 1. The number of fused-ring (bicyclic) bond motifs is 3. The lowest BCUT2D eigenvalue weighted by molar-refractivity contribution is 0.302. The SMILES string of the molecule is N#CC1=C(N)Oc2c(ccc3ccccc23)[C@@H]1c1ccccc1OCc1ccccc1Cl. The number of hydrogen-bond acceptors (Lipinski definition) is 4. The lowest BCUT2D eigenvalue weighted by atomic mass is 9.82. The molecule has 0 spiro atoms. The zero-order chi connectivity index (χ0) is 22.1. The van der Waals surface area contributed by atoms with E-state index in [0.29, 0.717) is 28.7 Å². The molecule has 4 aromatic rings. The summed E-state index contributed by atoms with van der Waals surface area (Å²) < 4.78 is 12.2. The lowest BCUT2D eigenvalue weighted by Crippen LogP contribution is -2.21. The first-order chi connectivity index (χ1) is 15.7. The van der Waals surface area contributed by atoms with E-state index in [0.717, 1.165) is 27.5 Å². The predicted molar refractivity (Wildman–Crippen MR) is 125 cm³/mol. The second kappa shape index (κ2) is 8.30. The van der Waals surface area contributed by atoms with Crippen LogP contribution in [-0.4, -0.2) is 0 Å². The molecule has 4 nitrogen and oxygen atoms in total. The molecule has 1 heterocycles. The van der Waals surface area contributed by atoms with E-state index in [4.69, 9.17) is 26.8 Å². The fourth-order valence-electron chi connectivity index (χ4n) is 4.13. The molecule has 1 aliphatic rings. The number of ether oxygens (including phenoxy) is 2. The maximum absolute atomic E-state index is 9.94. The molecule has 0 aromatic heterocycles. The van der Waals surface area contributed by atoms with Crippen molar-refractivity contribution in [3.63, 3.8) is 0 Å². The summed E-state index contributed by atoms with van der Waals surface area (Å²) in [5.74, 6) is 1.04. The highest BCUT2D eigenvalue weighted by Crippen LogP contribution is 2.47. The van der Waals surface area contributed by atoms with Crippen LogP contribution in [0.4, 0.5) is 0 Å². The average Bonchev–Trinajstić information content (AvgIpc) is 2.83. The molecule has 0 saturated heterocycles. The van der Waals surface area contributed by atoms with Crippen LogP contribution in [0.5, 0.6) is 11.5 Å². The summed E-state index contributed by atoms with van der Waals surface area (Å²) in [7, 11) is 0. The van der Waals surface area contributed by atoms with Crippen molar-refractivity contribution in [3.8, 4) is 17.6 Å². The van der Waals surface area contributed by atoms with Gasteiger partial charge in [0.25, 0.3) is 0 Å². The molecule has 0 aliphatic carbocycles. The Morgan fingerprint density at radius 2 is 1.66 bits per heavy atom. The minimum Gasteiger partial charge on any atom is -0.489 e. The number of hydrogen-bond donors (Lipinski definition) is 1. The minimum absolute atomic E-state index is 0.113. The van der Waals surface area contributed by atoms with Crippen LogP contribution in [-0.2, 0) is 6.61 Å². The first-order valence-electron chi connectivity index (χ1n) is 10.2. The molecular formula is C27H19ClN2O2. The fourth-order valence-corrected chi connectivity index (χ4v) is 4.32. The number of halogens is 1. The van der Waals surface area contributed by atoms with E-state index >= 15 is 0 Å². The topological polar surface area (TPSA) is 68.3 Å². The van der Waals surface area contributed by atoms with Gasteiger partial charge in [0, 0.05) is 27.1 Å². The highest BCUT2D eigenvalue weighted by molar-refractivity contribution is 6.31. The van der Waals surface area contributed by atoms with E-state index in [-0.39, 0.29) is 5.88 Å². The monoisotopic (exact) mass is 438 g/mol. The van der Waals surface area contributed by atoms with Gasteiger partial charge >= 0.3 is 0 Å². The molecule has 2 N–H and O–H groups in total. The van der Waals surface area contributed by atoms with E-state index in [2.05, 4.69) is 6.07 Å². The minimum atomic E-state index is -0.407. The molecule has 156 valence electrons. The summed E-state index contributed by atoms with van der Waals surface area (Å²) in [6.07, 6.45) is 0. The predicted octanol–water partition coefficient (Wildman–Crippen LogP) is 6.29. The zero-order valence-corrected chi connectivity index (χ0v) is 17.8. The van der Waals surface area contributed by atoms with Crippen LogP contribution in [0.15, 0.2) is 96.4 Å². The van der Waals surface area contributed by atoms with Crippen LogP contribution in [0, 0.1) is 11.3 Å². The maximum Gasteiger partial charge on any atom is 0.205 e. The van der Waals surface area contributed by atoms with Crippen molar-refractivity contribution < 1.29 is 9.47 Å². The van der Waals surface area contributed by atoms with E-state index in [1.807, 2.05) is 84.9 Å². The van der Waals surface area contributed by atoms with Gasteiger partial charge in [-0.3, -0.25) is 0 Å². The Bertz CT molecular complexity index is 1400. The number of nitriles is 1. The standard InChI is InChI=1S/C27H19ClN2O2/c28-23-11-5-2-8-18(23)16-31-24-12-6-4-10-20(24)25-21-14-13-17-7-1-3-9-19(17)26(21)32-27(30)22(25)15-29/h1-14,25H,16,30H2/t25-/m0/s1. The van der Waals surface area contributed by atoms with Gasteiger partial charge < -0.3 is 15.2 Å². The Morgan fingerprint density at radius 1 is 0.906 bits per heavy atom. The number of rotatable bonds is 4. The maximum atomic E-state index is 9.94.